The summed E-state index contributed by atoms with van der Waals surface area (Å²) in [6.45, 7) is 0.809. The third kappa shape index (κ3) is 3.29. The molecule has 0 atom stereocenters. The summed E-state index contributed by atoms with van der Waals surface area (Å²) in [5.74, 6) is 0.865. The van der Waals surface area contributed by atoms with Gasteiger partial charge in [0.15, 0.2) is 0 Å². The Balaban J connectivity index is 2.04. The van der Waals surface area contributed by atoms with E-state index in [4.69, 9.17) is 15.5 Å². The van der Waals surface area contributed by atoms with Crippen LogP contribution in [0.2, 0.25) is 0 Å². The molecule has 3 rings (SSSR count). The van der Waals surface area contributed by atoms with Crippen LogP contribution in [0.4, 0.5) is 5.69 Å². The normalized spacial score (nSPS) is 11.3. The van der Waals surface area contributed by atoms with Crippen molar-refractivity contribution in [2.75, 3.05) is 26.9 Å². The molecule has 0 amide bonds. The number of hydrogen-bond donors (Lipinski definition) is 1. The topological polar surface area (TPSA) is 55.8 Å². The monoisotopic (exact) mass is 310 g/mol. The van der Waals surface area contributed by atoms with Crippen LogP contribution in [-0.4, -0.2) is 35.5 Å². The van der Waals surface area contributed by atoms with Gasteiger partial charge in [0.2, 0.25) is 0 Å². The summed E-state index contributed by atoms with van der Waals surface area (Å²) in [5, 5.41) is 0. The molecule has 1 aromatic carbocycles. The number of imidazole rings is 1. The zero-order valence-corrected chi connectivity index (χ0v) is 13.8. The van der Waals surface area contributed by atoms with Crippen LogP contribution < -0.4 is 10.5 Å². The van der Waals surface area contributed by atoms with Gasteiger partial charge in [0, 0.05) is 24.8 Å². The Kier molecular flexibility index (Phi) is 4.21. The van der Waals surface area contributed by atoms with Crippen LogP contribution >= 0.6 is 0 Å². The smallest absolute Gasteiger partial charge is 0.137 e. The molecule has 0 radical (unpaired) electrons. The molecule has 0 unspecified atom stereocenters. The molecule has 0 aliphatic rings. The van der Waals surface area contributed by atoms with Gasteiger partial charge in [-0.3, -0.25) is 0 Å². The summed E-state index contributed by atoms with van der Waals surface area (Å²) in [4.78, 5) is 6.94. The Morgan fingerprint density at radius 1 is 1.22 bits per heavy atom. The van der Waals surface area contributed by atoms with Crippen molar-refractivity contribution in [2.45, 2.75) is 13.0 Å². The van der Waals surface area contributed by atoms with Crippen molar-refractivity contribution in [1.29, 1.82) is 0 Å². The van der Waals surface area contributed by atoms with Gasteiger partial charge in [-0.1, -0.05) is 12.1 Å². The Morgan fingerprint density at radius 3 is 2.78 bits per heavy atom. The lowest BCUT2D eigenvalue weighted by Crippen LogP contribution is -2.14. The molecule has 2 N–H and O–H groups in total. The Labute approximate surface area is 136 Å². The molecule has 0 saturated carbocycles. The van der Waals surface area contributed by atoms with E-state index in [-0.39, 0.29) is 0 Å². The number of fused-ring (bicyclic) bond motifs is 1. The number of hydrogen-bond acceptors (Lipinski definition) is 4. The molecule has 23 heavy (non-hydrogen) atoms. The fourth-order valence-electron chi connectivity index (χ4n) is 2.74. The Bertz CT molecular complexity index is 823. The number of anilines is 1. The van der Waals surface area contributed by atoms with Gasteiger partial charge in [0.1, 0.15) is 11.4 Å². The maximum Gasteiger partial charge on any atom is 0.137 e. The highest BCUT2D eigenvalue weighted by atomic mass is 16.5. The second-order valence-electron chi connectivity index (χ2n) is 5.96. The van der Waals surface area contributed by atoms with Crippen molar-refractivity contribution in [3.8, 4) is 5.75 Å². The first-order valence-corrected chi connectivity index (χ1v) is 7.60. The van der Waals surface area contributed by atoms with Gasteiger partial charge in [-0.05, 0) is 43.9 Å². The molecule has 0 fully saturated rings. The van der Waals surface area contributed by atoms with Crippen LogP contribution in [0, 0.1) is 0 Å². The van der Waals surface area contributed by atoms with E-state index in [9.17, 15) is 0 Å². The number of aromatic nitrogens is 2. The van der Waals surface area contributed by atoms with Crippen LogP contribution in [0.3, 0.4) is 0 Å². The standard InChI is InChI=1S/C18H22N4O/c1-21(2)12-17-16(10-13-5-4-6-15(9-13)23-3)20-18-8-7-14(19)11-22(17)18/h4-9,11H,10,12,19H2,1-3H3. The van der Waals surface area contributed by atoms with Gasteiger partial charge in [0.25, 0.3) is 0 Å². The Morgan fingerprint density at radius 2 is 2.04 bits per heavy atom. The van der Waals surface area contributed by atoms with Crippen molar-refractivity contribution in [2.24, 2.45) is 0 Å². The summed E-state index contributed by atoms with van der Waals surface area (Å²) in [6, 6.07) is 12.0. The highest BCUT2D eigenvalue weighted by Crippen LogP contribution is 2.21. The van der Waals surface area contributed by atoms with Crippen LogP contribution in [0.5, 0.6) is 5.75 Å². The minimum absolute atomic E-state index is 0.739. The highest BCUT2D eigenvalue weighted by molar-refractivity contribution is 5.51. The zero-order valence-electron chi connectivity index (χ0n) is 13.8. The predicted molar refractivity (Wildman–Crippen MR) is 92.8 cm³/mol. The number of nitrogen functional groups attached to an aromatic ring is 1. The fraction of sp³-hybridized carbons (Fsp3) is 0.278. The zero-order chi connectivity index (χ0) is 16.4. The third-order valence-corrected chi connectivity index (χ3v) is 3.79. The molecule has 120 valence electrons. The average molecular weight is 310 g/mol. The van der Waals surface area contributed by atoms with Crippen LogP contribution in [-0.2, 0) is 13.0 Å². The average Bonchev–Trinajstić information content (AvgIpc) is 2.84. The largest absolute Gasteiger partial charge is 0.497 e. The molecular formula is C18H22N4O. The van der Waals surface area contributed by atoms with Gasteiger partial charge in [-0.2, -0.15) is 0 Å². The summed E-state index contributed by atoms with van der Waals surface area (Å²) >= 11 is 0. The molecule has 0 spiro atoms. The molecule has 0 bridgehead atoms. The van der Waals surface area contributed by atoms with Gasteiger partial charge in [0.05, 0.1) is 18.5 Å². The summed E-state index contributed by atoms with van der Waals surface area (Å²) < 4.78 is 7.40. The van der Waals surface area contributed by atoms with Gasteiger partial charge >= 0.3 is 0 Å². The maximum absolute atomic E-state index is 5.94. The minimum atomic E-state index is 0.739. The van der Waals surface area contributed by atoms with E-state index in [1.807, 2.05) is 30.5 Å². The molecule has 0 aliphatic carbocycles. The molecule has 2 aromatic heterocycles. The first kappa shape index (κ1) is 15.4. The second kappa shape index (κ2) is 6.30. The quantitative estimate of drug-likeness (QED) is 0.787. The van der Waals surface area contributed by atoms with Crippen molar-refractivity contribution in [1.82, 2.24) is 14.3 Å². The van der Waals surface area contributed by atoms with Crippen LogP contribution in [0.15, 0.2) is 42.6 Å². The lowest BCUT2D eigenvalue weighted by molar-refractivity contribution is 0.394. The summed E-state index contributed by atoms with van der Waals surface area (Å²) in [6.07, 6.45) is 2.71. The van der Waals surface area contributed by atoms with Crippen LogP contribution in [0.1, 0.15) is 17.0 Å². The molecule has 0 aliphatic heterocycles. The molecular weight excluding hydrogens is 288 g/mol. The van der Waals surface area contributed by atoms with Crippen molar-refractivity contribution in [3.05, 3.63) is 59.5 Å². The number of rotatable bonds is 5. The third-order valence-electron chi connectivity index (χ3n) is 3.79. The van der Waals surface area contributed by atoms with E-state index in [0.717, 1.165) is 35.7 Å². The lowest BCUT2D eigenvalue weighted by atomic mass is 10.1. The number of ether oxygens (including phenoxy) is 1. The lowest BCUT2D eigenvalue weighted by Gasteiger charge is -2.12. The number of benzene rings is 1. The molecule has 3 aromatic rings. The van der Waals surface area contributed by atoms with Crippen molar-refractivity contribution < 1.29 is 4.74 Å². The molecule has 5 nitrogen and oxygen atoms in total. The molecule has 5 heteroatoms. The first-order chi connectivity index (χ1) is 11.1. The van der Waals surface area contributed by atoms with Gasteiger partial charge < -0.3 is 19.8 Å². The predicted octanol–water partition coefficient (Wildman–Crippen LogP) is 2.58. The number of pyridine rings is 1. The Hall–Kier alpha value is -2.53. The van der Waals surface area contributed by atoms with Gasteiger partial charge in [-0.15, -0.1) is 0 Å². The van der Waals surface area contributed by atoms with E-state index in [1.54, 1.807) is 7.11 Å². The molecule has 0 saturated heterocycles. The first-order valence-electron chi connectivity index (χ1n) is 7.60. The summed E-state index contributed by atoms with van der Waals surface area (Å²) in [5.41, 5.74) is 11.0. The van der Waals surface area contributed by atoms with Gasteiger partial charge in [-0.25, -0.2) is 4.98 Å². The van der Waals surface area contributed by atoms with E-state index in [0.29, 0.717) is 0 Å². The highest BCUT2D eigenvalue weighted by Gasteiger charge is 2.14. The van der Waals surface area contributed by atoms with Crippen molar-refractivity contribution >= 4 is 11.3 Å². The van der Waals surface area contributed by atoms with E-state index >= 15 is 0 Å². The van der Waals surface area contributed by atoms with E-state index < -0.39 is 0 Å². The van der Waals surface area contributed by atoms with E-state index in [1.165, 1.54) is 11.3 Å². The number of methoxy groups -OCH3 is 1. The SMILES string of the molecule is COc1cccc(Cc2nc3ccc(N)cn3c2CN(C)C)c1. The molecule has 2 heterocycles. The number of nitrogens with two attached hydrogens (primary N) is 1. The van der Waals surface area contributed by atoms with Crippen molar-refractivity contribution in [3.63, 3.8) is 0 Å². The van der Waals surface area contributed by atoms with Crippen LogP contribution in [0.25, 0.3) is 5.65 Å². The minimum Gasteiger partial charge on any atom is -0.497 e. The number of nitrogens with zero attached hydrogens (tertiary/aromatic N) is 3. The second-order valence-corrected chi connectivity index (χ2v) is 5.96. The summed E-state index contributed by atoms with van der Waals surface area (Å²) in [7, 11) is 5.80. The fourth-order valence-corrected chi connectivity index (χ4v) is 2.74. The maximum atomic E-state index is 5.94. The van der Waals surface area contributed by atoms with E-state index in [2.05, 4.69) is 35.5 Å².